The number of rotatable bonds is 6. The van der Waals surface area contributed by atoms with Crippen LogP contribution in [0.25, 0.3) is 33.8 Å². The van der Waals surface area contributed by atoms with Crippen molar-refractivity contribution in [2.75, 3.05) is 18.4 Å². The largest absolute Gasteiger partial charge is 0.432 e. The predicted octanol–water partition coefficient (Wildman–Crippen LogP) is 7.16. The summed E-state index contributed by atoms with van der Waals surface area (Å²) in [5.74, 6) is 0.771. The molecule has 0 radical (unpaired) electrons. The number of benzene rings is 3. The molecule has 0 bridgehead atoms. The zero-order valence-electron chi connectivity index (χ0n) is 24.2. The summed E-state index contributed by atoms with van der Waals surface area (Å²) in [4.78, 5) is 34.0. The molecule has 4 heterocycles. The first kappa shape index (κ1) is 28.2. The summed E-state index contributed by atoms with van der Waals surface area (Å²) in [5, 5.41) is 3.42. The lowest BCUT2D eigenvalue weighted by atomic mass is 9.99. The Bertz CT molecular complexity index is 1970. The molecule has 1 saturated heterocycles. The average Bonchev–Trinajstić information content (AvgIpc) is 3.60. The molecular formula is C36H28N6O2S. The molecule has 7 rings (SSSR count). The zero-order chi connectivity index (χ0) is 30.6. The Morgan fingerprint density at radius 2 is 1.44 bits per heavy atom. The lowest BCUT2D eigenvalue weighted by Crippen LogP contribution is -2.31. The number of fused-ring (bicyclic) bond motifs is 1. The molecule has 3 aromatic heterocycles. The maximum atomic E-state index is 13.2. The molecule has 0 unspecified atom stereocenters. The molecule has 0 saturated carbocycles. The Morgan fingerprint density at radius 1 is 0.778 bits per heavy atom. The van der Waals surface area contributed by atoms with E-state index in [0.29, 0.717) is 61.9 Å². The van der Waals surface area contributed by atoms with Gasteiger partial charge in [0.1, 0.15) is 17.1 Å². The van der Waals surface area contributed by atoms with E-state index in [1.807, 2.05) is 60.7 Å². The van der Waals surface area contributed by atoms with Crippen molar-refractivity contribution in [2.45, 2.75) is 12.3 Å². The smallest absolute Gasteiger partial charge is 0.264 e. The van der Waals surface area contributed by atoms with Crippen LogP contribution in [-0.4, -0.2) is 49.0 Å². The number of pyridine rings is 2. The summed E-state index contributed by atoms with van der Waals surface area (Å²) >= 11 is 5.59. The standard InChI is InChI=1S/C36H28N6O2S/c43-35(25-12-15-28(16-13-25)44-36(45)42-21-18-26(23-42)24-8-2-1-3-9-24)39-27-14-17-29-32(22-27)41-34(31-11-5-7-20-38-31)33(40-29)30-10-4-6-19-37-30/h1-17,19-20,22,26H,18,21,23H2,(H,39,43)/t26-/m0/s1. The normalized spacial score (nSPS) is 14.3. The summed E-state index contributed by atoms with van der Waals surface area (Å²) in [6.07, 6.45) is 4.48. The van der Waals surface area contributed by atoms with Gasteiger partial charge in [-0.1, -0.05) is 42.5 Å². The second-order valence-electron chi connectivity index (χ2n) is 10.7. The minimum absolute atomic E-state index is 0.253. The first-order chi connectivity index (χ1) is 22.1. The summed E-state index contributed by atoms with van der Waals surface area (Å²) in [6.45, 7) is 1.68. The van der Waals surface area contributed by atoms with Crippen molar-refractivity contribution in [1.82, 2.24) is 24.8 Å². The Hall–Kier alpha value is -5.54. The first-order valence-electron chi connectivity index (χ1n) is 14.7. The number of nitrogens with one attached hydrogen (secondary N) is 1. The van der Waals surface area contributed by atoms with Gasteiger partial charge in [-0.15, -0.1) is 0 Å². The van der Waals surface area contributed by atoms with E-state index in [2.05, 4.69) is 44.5 Å². The fourth-order valence-corrected chi connectivity index (χ4v) is 5.72. The third-order valence-corrected chi connectivity index (χ3v) is 8.12. The molecular weight excluding hydrogens is 581 g/mol. The average molecular weight is 609 g/mol. The predicted molar refractivity (Wildman–Crippen MR) is 179 cm³/mol. The van der Waals surface area contributed by atoms with Crippen molar-refractivity contribution in [3.05, 3.63) is 133 Å². The molecule has 1 aliphatic rings. The van der Waals surface area contributed by atoms with Gasteiger partial charge < -0.3 is 15.0 Å². The van der Waals surface area contributed by atoms with E-state index in [9.17, 15) is 4.79 Å². The van der Waals surface area contributed by atoms with E-state index in [-0.39, 0.29) is 5.91 Å². The molecule has 220 valence electrons. The zero-order valence-corrected chi connectivity index (χ0v) is 25.0. The monoisotopic (exact) mass is 608 g/mol. The van der Waals surface area contributed by atoms with Crippen molar-refractivity contribution < 1.29 is 9.53 Å². The minimum atomic E-state index is -0.253. The van der Waals surface area contributed by atoms with Crippen molar-refractivity contribution in [3.63, 3.8) is 0 Å². The van der Waals surface area contributed by atoms with Crippen LogP contribution in [-0.2, 0) is 0 Å². The highest BCUT2D eigenvalue weighted by Crippen LogP contribution is 2.30. The van der Waals surface area contributed by atoms with Crippen LogP contribution < -0.4 is 10.1 Å². The summed E-state index contributed by atoms with van der Waals surface area (Å²) in [7, 11) is 0. The maximum absolute atomic E-state index is 13.2. The summed E-state index contributed by atoms with van der Waals surface area (Å²) in [5.41, 5.74) is 6.36. The number of likely N-dealkylation sites (tertiary alicyclic amines) is 1. The molecule has 0 aliphatic carbocycles. The van der Waals surface area contributed by atoms with Crippen LogP contribution in [0.4, 0.5) is 5.69 Å². The van der Waals surface area contributed by atoms with Crippen LogP contribution in [0.5, 0.6) is 5.75 Å². The number of thiocarbonyl (C=S) groups is 1. The molecule has 1 fully saturated rings. The molecule has 0 spiro atoms. The Labute approximate surface area is 265 Å². The van der Waals surface area contributed by atoms with E-state index in [1.165, 1.54) is 5.56 Å². The van der Waals surface area contributed by atoms with E-state index in [4.69, 9.17) is 26.9 Å². The van der Waals surface area contributed by atoms with Crippen molar-refractivity contribution >= 4 is 40.0 Å². The highest BCUT2D eigenvalue weighted by molar-refractivity contribution is 7.80. The number of carbonyl (C=O) groups is 1. The number of aromatic nitrogens is 4. The second kappa shape index (κ2) is 12.6. The van der Waals surface area contributed by atoms with Crippen LogP contribution in [0.15, 0.2) is 122 Å². The van der Waals surface area contributed by atoms with E-state index in [0.717, 1.165) is 19.5 Å². The molecule has 1 amide bonds. The number of ether oxygens (including phenoxy) is 1. The highest BCUT2D eigenvalue weighted by Gasteiger charge is 2.26. The maximum Gasteiger partial charge on any atom is 0.264 e. The van der Waals surface area contributed by atoms with Gasteiger partial charge in [0.15, 0.2) is 0 Å². The number of hydrogen-bond acceptors (Lipinski definition) is 7. The summed E-state index contributed by atoms with van der Waals surface area (Å²) < 4.78 is 5.97. The topological polar surface area (TPSA) is 93.1 Å². The summed E-state index contributed by atoms with van der Waals surface area (Å²) in [6, 6.07) is 34.2. The molecule has 9 heteroatoms. The van der Waals surface area contributed by atoms with Crippen LogP contribution in [0.3, 0.4) is 0 Å². The fraction of sp³-hybridized carbons (Fsp3) is 0.111. The van der Waals surface area contributed by atoms with Gasteiger partial charge in [-0.3, -0.25) is 14.8 Å². The van der Waals surface area contributed by atoms with E-state index in [1.54, 1.807) is 36.7 Å². The van der Waals surface area contributed by atoms with Gasteiger partial charge >= 0.3 is 0 Å². The SMILES string of the molecule is O=C(Nc1ccc2nc(-c3ccccn3)c(-c3ccccn3)nc2c1)c1ccc(OC(=S)N2CC[C@H](c3ccccc3)C2)cc1. The molecule has 6 aromatic rings. The lowest BCUT2D eigenvalue weighted by molar-refractivity contribution is 0.102. The Balaban J connectivity index is 1.05. The number of carbonyl (C=O) groups excluding carboxylic acids is 1. The van der Waals surface area contributed by atoms with Crippen LogP contribution >= 0.6 is 12.2 Å². The number of amides is 1. The van der Waals surface area contributed by atoms with Crippen LogP contribution in [0.2, 0.25) is 0 Å². The number of anilines is 1. The number of nitrogens with zero attached hydrogens (tertiary/aromatic N) is 5. The van der Waals surface area contributed by atoms with Gasteiger partial charge in [-0.25, -0.2) is 9.97 Å². The van der Waals surface area contributed by atoms with Gasteiger partial charge in [0.05, 0.1) is 22.4 Å². The van der Waals surface area contributed by atoms with Gasteiger partial charge in [0.25, 0.3) is 11.1 Å². The Kier molecular flexibility index (Phi) is 7.90. The Morgan fingerprint density at radius 3 is 2.11 bits per heavy atom. The minimum Gasteiger partial charge on any atom is -0.432 e. The quantitative estimate of drug-likeness (QED) is 0.199. The third-order valence-electron chi connectivity index (χ3n) is 7.78. The van der Waals surface area contributed by atoms with Crippen molar-refractivity contribution in [3.8, 4) is 28.5 Å². The molecule has 3 aromatic carbocycles. The molecule has 45 heavy (non-hydrogen) atoms. The van der Waals surface area contributed by atoms with Crippen LogP contribution in [0, 0.1) is 0 Å². The van der Waals surface area contributed by atoms with Gasteiger partial charge in [0.2, 0.25) is 0 Å². The van der Waals surface area contributed by atoms with E-state index >= 15 is 0 Å². The fourth-order valence-electron chi connectivity index (χ4n) is 5.46. The van der Waals surface area contributed by atoms with Crippen molar-refractivity contribution in [2.24, 2.45) is 0 Å². The third kappa shape index (κ3) is 6.25. The van der Waals surface area contributed by atoms with Gasteiger partial charge in [-0.2, -0.15) is 0 Å². The molecule has 1 atom stereocenters. The number of hydrogen-bond donors (Lipinski definition) is 1. The first-order valence-corrected chi connectivity index (χ1v) is 15.1. The van der Waals surface area contributed by atoms with E-state index < -0.39 is 0 Å². The van der Waals surface area contributed by atoms with Crippen molar-refractivity contribution in [1.29, 1.82) is 0 Å². The highest BCUT2D eigenvalue weighted by atomic mass is 32.1. The molecule has 1 N–H and O–H groups in total. The van der Waals surface area contributed by atoms with Gasteiger partial charge in [-0.05, 0) is 90.9 Å². The lowest BCUT2D eigenvalue weighted by Gasteiger charge is -2.19. The second-order valence-corrected chi connectivity index (χ2v) is 11.1. The van der Waals surface area contributed by atoms with Crippen LogP contribution in [0.1, 0.15) is 28.3 Å². The molecule has 1 aliphatic heterocycles. The molecule has 8 nitrogen and oxygen atoms in total. The van der Waals surface area contributed by atoms with Gasteiger partial charge in [0, 0.05) is 42.7 Å².